The van der Waals surface area contributed by atoms with E-state index in [0.29, 0.717) is 16.4 Å². The summed E-state index contributed by atoms with van der Waals surface area (Å²) in [6.45, 7) is 8.82. The Balaban J connectivity index is 1.70. The van der Waals surface area contributed by atoms with Crippen molar-refractivity contribution in [3.8, 4) is 11.3 Å². The molecule has 2 aromatic carbocycles. The molecule has 0 spiro atoms. The van der Waals surface area contributed by atoms with Crippen molar-refractivity contribution in [2.75, 3.05) is 0 Å². The molecular weight excluding hydrogens is 408 g/mol. The van der Waals surface area contributed by atoms with Gasteiger partial charge in [0.15, 0.2) is 5.65 Å². The zero-order valence-corrected chi connectivity index (χ0v) is 18.9. The molecule has 0 aliphatic carbocycles. The molecule has 4 aromatic rings. The van der Waals surface area contributed by atoms with Crippen molar-refractivity contribution in [3.05, 3.63) is 88.2 Å². The smallest absolute Gasteiger partial charge is 0.251 e. The minimum absolute atomic E-state index is 0.0668. The fourth-order valence-electron chi connectivity index (χ4n) is 3.45. The number of fused-ring (bicyclic) bond motifs is 1. The molecule has 0 atom stereocenters. The van der Waals surface area contributed by atoms with Crippen LogP contribution >= 0.6 is 11.6 Å². The summed E-state index contributed by atoms with van der Waals surface area (Å²) < 4.78 is 1.70. The second-order valence-corrected chi connectivity index (χ2v) is 9.10. The Hall–Kier alpha value is -3.18. The predicted molar refractivity (Wildman–Crippen MR) is 124 cm³/mol. The SMILES string of the molecule is Cc1ccc(C(=O)NCc2c(-c3ccc(C(C)(C)C)cc3)nc3ccc(Cl)nn23)cc1. The van der Waals surface area contributed by atoms with Gasteiger partial charge in [0.25, 0.3) is 5.91 Å². The molecule has 0 saturated heterocycles. The van der Waals surface area contributed by atoms with E-state index in [1.807, 2.05) is 37.3 Å². The van der Waals surface area contributed by atoms with Gasteiger partial charge in [-0.1, -0.05) is 74.3 Å². The molecule has 6 heteroatoms. The van der Waals surface area contributed by atoms with Crippen molar-refractivity contribution in [1.82, 2.24) is 19.9 Å². The number of benzene rings is 2. The Labute approximate surface area is 187 Å². The zero-order valence-electron chi connectivity index (χ0n) is 18.1. The molecule has 2 aromatic heterocycles. The van der Waals surface area contributed by atoms with Crippen LogP contribution in [0.5, 0.6) is 0 Å². The highest BCUT2D eigenvalue weighted by molar-refractivity contribution is 6.29. The molecular formula is C25H25ClN4O. The molecule has 1 N–H and O–H groups in total. The zero-order chi connectivity index (χ0) is 22.2. The number of imidazole rings is 1. The van der Waals surface area contributed by atoms with Crippen molar-refractivity contribution >= 4 is 23.2 Å². The summed E-state index contributed by atoms with van der Waals surface area (Å²) >= 11 is 6.14. The lowest BCUT2D eigenvalue weighted by molar-refractivity contribution is 0.0950. The van der Waals surface area contributed by atoms with Crippen LogP contribution < -0.4 is 5.32 Å². The van der Waals surface area contributed by atoms with Gasteiger partial charge >= 0.3 is 0 Å². The molecule has 0 aliphatic heterocycles. The van der Waals surface area contributed by atoms with Crippen LogP contribution in [0.1, 0.15) is 48.0 Å². The van der Waals surface area contributed by atoms with Crippen molar-refractivity contribution < 1.29 is 4.79 Å². The number of aromatic nitrogens is 3. The van der Waals surface area contributed by atoms with Gasteiger partial charge in [0.05, 0.1) is 17.9 Å². The van der Waals surface area contributed by atoms with Gasteiger partial charge in [0, 0.05) is 11.1 Å². The quantitative estimate of drug-likeness (QED) is 0.457. The summed E-state index contributed by atoms with van der Waals surface area (Å²) in [5, 5.41) is 7.77. The number of nitrogens with zero attached hydrogens (tertiary/aromatic N) is 3. The topological polar surface area (TPSA) is 59.3 Å². The summed E-state index contributed by atoms with van der Waals surface area (Å²) in [6.07, 6.45) is 0. The molecule has 31 heavy (non-hydrogen) atoms. The Morgan fingerprint density at radius 2 is 1.68 bits per heavy atom. The number of rotatable bonds is 4. The lowest BCUT2D eigenvalue weighted by Gasteiger charge is -2.19. The normalized spacial score (nSPS) is 11.6. The lowest BCUT2D eigenvalue weighted by Crippen LogP contribution is -2.24. The van der Waals surface area contributed by atoms with E-state index in [-0.39, 0.29) is 17.9 Å². The van der Waals surface area contributed by atoms with Crippen LogP contribution in [0.4, 0.5) is 0 Å². The molecule has 0 radical (unpaired) electrons. The van der Waals surface area contributed by atoms with Gasteiger partial charge in [0.2, 0.25) is 0 Å². The van der Waals surface area contributed by atoms with Gasteiger partial charge in [-0.3, -0.25) is 4.79 Å². The molecule has 0 bridgehead atoms. The van der Waals surface area contributed by atoms with Crippen LogP contribution in [0, 0.1) is 6.92 Å². The minimum Gasteiger partial charge on any atom is -0.346 e. The maximum absolute atomic E-state index is 12.7. The molecule has 0 aliphatic rings. The highest BCUT2D eigenvalue weighted by Crippen LogP contribution is 2.28. The first-order chi connectivity index (χ1) is 14.7. The van der Waals surface area contributed by atoms with E-state index < -0.39 is 0 Å². The molecule has 0 saturated carbocycles. The van der Waals surface area contributed by atoms with Crippen molar-refractivity contribution in [1.29, 1.82) is 0 Å². The molecule has 0 fully saturated rings. The van der Waals surface area contributed by atoms with Gasteiger partial charge in [0.1, 0.15) is 5.15 Å². The second-order valence-electron chi connectivity index (χ2n) is 8.71. The van der Waals surface area contributed by atoms with Gasteiger partial charge in [-0.15, -0.1) is 0 Å². The highest BCUT2D eigenvalue weighted by Gasteiger charge is 2.18. The van der Waals surface area contributed by atoms with Gasteiger partial charge in [-0.05, 0) is 42.2 Å². The largest absolute Gasteiger partial charge is 0.346 e. The number of hydrogen-bond acceptors (Lipinski definition) is 3. The monoisotopic (exact) mass is 432 g/mol. The number of carbonyl (C=O) groups is 1. The summed E-state index contributed by atoms with van der Waals surface area (Å²) in [5.41, 5.74) is 6.24. The lowest BCUT2D eigenvalue weighted by atomic mass is 9.86. The van der Waals surface area contributed by atoms with Crippen molar-refractivity contribution in [2.45, 2.75) is 39.7 Å². The van der Waals surface area contributed by atoms with E-state index in [4.69, 9.17) is 16.6 Å². The van der Waals surface area contributed by atoms with Gasteiger partial charge < -0.3 is 5.32 Å². The fourth-order valence-corrected chi connectivity index (χ4v) is 3.58. The van der Waals surface area contributed by atoms with Crippen LogP contribution in [0.15, 0.2) is 60.7 Å². The van der Waals surface area contributed by atoms with E-state index in [1.54, 1.807) is 10.6 Å². The number of carbonyl (C=O) groups excluding carboxylic acids is 1. The first-order valence-electron chi connectivity index (χ1n) is 10.2. The number of aryl methyl sites for hydroxylation is 1. The Morgan fingerprint density at radius 3 is 2.32 bits per heavy atom. The third-order valence-electron chi connectivity index (χ3n) is 5.29. The first kappa shape index (κ1) is 21.1. The highest BCUT2D eigenvalue weighted by atomic mass is 35.5. The number of nitrogens with one attached hydrogen (secondary N) is 1. The molecule has 0 unspecified atom stereocenters. The third kappa shape index (κ3) is 4.47. The van der Waals surface area contributed by atoms with E-state index in [0.717, 1.165) is 22.5 Å². The average molecular weight is 433 g/mol. The summed E-state index contributed by atoms with van der Waals surface area (Å²) in [7, 11) is 0. The fraction of sp³-hybridized carbons (Fsp3) is 0.240. The minimum atomic E-state index is -0.147. The average Bonchev–Trinajstić information content (AvgIpc) is 3.09. The Bertz CT molecular complexity index is 1240. The van der Waals surface area contributed by atoms with Crippen LogP contribution in [0.2, 0.25) is 5.15 Å². The Kier molecular flexibility index (Phi) is 5.54. The van der Waals surface area contributed by atoms with Crippen molar-refractivity contribution in [2.24, 2.45) is 0 Å². The maximum atomic E-state index is 12.7. The van der Waals surface area contributed by atoms with E-state index in [9.17, 15) is 4.79 Å². The standard InChI is InChI=1S/C25H25ClN4O/c1-16-5-7-18(8-6-16)24(31)27-15-20-23(28-22-14-13-21(26)29-30(20)22)17-9-11-19(12-10-17)25(2,3)4/h5-14H,15H2,1-4H3,(H,27,31). The number of halogens is 1. The van der Waals surface area contributed by atoms with Crippen molar-refractivity contribution in [3.63, 3.8) is 0 Å². The van der Waals surface area contributed by atoms with Crippen LogP contribution in [-0.2, 0) is 12.0 Å². The van der Waals surface area contributed by atoms with E-state index >= 15 is 0 Å². The van der Waals surface area contributed by atoms with Crippen LogP contribution in [0.3, 0.4) is 0 Å². The van der Waals surface area contributed by atoms with Crippen LogP contribution in [-0.4, -0.2) is 20.5 Å². The van der Waals surface area contributed by atoms with Gasteiger partial charge in [-0.25, -0.2) is 9.50 Å². The molecule has 5 nitrogen and oxygen atoms in total. The van der Waals surface area contributed by atoms with E-state index in [1.165, 1.54) is 5.56 Å². The number of hydrogen-bond donors (Lipinski definition) is 1. The predicted octanol–water partition coefficient (Wildman–Crippen LogP) is 5.59. The van der Waals surface area contributed by atoms with E-state index in [2.05, 4.69) is 55.5 Å². The Morgan fingerprint density at radius 1 is 1.00 bits per heavy atom. The number of amides is 1. The maximum Gasteiger partial charge on any atom is 0.251 e. The summed E-state index contributed by atoms with van der Waals surface area (Å²) in [6, 6.07) is 19.4. The molecule has 1 amide bonds. The van der Waals surface area contributed by atoms with Crippen LogP contribution in [0.25, 0.3) is 16.9 Å². The second kappa shape index (κ2) is 8.16. The first-order valence-corrected chi connectivity index (χ1v) is 10.6. The third-order valence-corrected chi connectivity index (χ3v) is 5.49. The molecule has 4 rings (SSSR count). The molecule has 158 valence electrons. The van der Waals surface area contributed by atoms with Gasteiger partial charge in [-0.2, -0.15) is 5.10 Å². The summed E-state index contributed by atoms with van der Waals surface area (Å²) in [4.78, 5) is 17.4. The molecule has 2 heterocycles. The summed E-state index contributed by atoms with van der Waals surface area (Å²) in [5.74, 6) is -0.147.